The number of carbonyl (C=O) groups excluding carboxylic acids is 2. The normalized spacial score (nSPS) is 23.8. The largest absolute Gasteiger partial charge is 0.467 e. The Hall–Kier alpha value is -2.10. The third kappa shape index (κ3) is 3.10. The first-order valence-electron chi connectivity index (χ1n) is 8.78. The highest BCUT2D eigenvalue weighted by Gasteiger charge is 2.44. The molecule has 128 valence electrons. The smallest absolute Gasteiger partial charge is 0.333 e. The molecule has 1 aliphatic carbocycles. The van der Waals surface area contributed by atoms with E-state index in [1.807, 2.05) is 41.4 Å². The van der Waals surface area contributed by atoms with Crippen molar-refractivity contribution in [2.45, 2.75) is 38.6 Å². The lowest BCUT2D eigenvalue weighted by atomic mass is 9.97. The van der Waals surface area contributed by atoms with Crippen LogP contribution in [-0.2, 0) is 14.3 Å². The van der Waals surface area contributed by atoms with Gasteiger partial charge >= 0.3 is 5.97 Å². The van der Waals surface area contributed by atoms with E-state index in [9.17, 15) is 9.59 Å². The number of ether oxygens (including phenoxy) is 1. The van der Waals surface area contributed by atoms with Gasteiger partial charge in [0.1, 0.15) is 5.78 Å². The Labute approximate surface area is 143 Å². The number of hydrogen-bond donors (Lipinski definition) is 0. The summed E-state index contributed by atoms with van der Waals surface area (Å²) in [6, 6.07) is 9.15. The van der Waals surface area contributed by atoms with Crippen molar-refractivity contribution < 1.29 is 14.3 Å². The van der Waals surface area contributed by atoms with Crippen LogP contribution in [0, 0.1) is 11.8 Å². The summed E-state index contributed by atoms with van der Waals surface area (Å²) < 4.78 is 5.01. The van der Waals surface area contributed by atoms with Gasteiger partial charge in [-0.25, -0.2) is 4.79 Å². The van der Waals surface area contributed by atoms with Gasteiger partial charge in [-0.1, -0.05) is 50.1 Å². The maximum Gasteiger partial charge on any atom is 0.333 e. The minimum Gasteiger partial charge on any atom is -0.467 e. The Balaban J connectivity index is 1.80. The molecule has 1 saturated carbocycles. The Morgan fingerprint density at radius 1 is 1.33 bits per heavy atom. The zero-order valence-electron chi connectivity index (χ0n) is 14.4. The zero-order valence-corrected chi connectivity index (χ0v) is 14.4. The number of Topliss-reactive ketones (excluding diaryl/α,β-unsaturated/α-hetero) is 1. The molecule has 24 heavy (non-hydrogen) atoms. The second-order valence-electron chi connectivity index (χ2n) is 6.74. The van der Waals surface area contributed by atoms with E-state index in [0.717, 1.165) is 31.2 Å². The quantitative estimate of drug-likeness (QED) is 0.750. The molecule has 0 amide bonds. The fourth-order valence-corrected chi connectivity index (χ4v) is 3.91. The van der Waals surface area contributed by atoms with Crippen molar-refractivity contribution in [1.29, 1.82) is 0 Å². The average molecular weight is 327 g/mol. The molecule has 3 rings (SSSR count). The molecule has 4 heteroatoms. The molecular formula is C20H25NO3. The monoisotopic (exact) mass is 327 g/mol. The summed E-state index contributed by atoms with van der Waals surface area (Å²) in [4.78, 5) is 27.0. The van der Waals surface area contributed by atoms with Gasteiger partial charge in [0.15, 0.2) is 6.04 Å². The molecule has 0 spiro atoms. The number of ketones is 1. The van der Waals surface area contributed by atoms with Crippen LogP contribution < -0.4 is 0 Å². The highest BCUT2D eigenvalue weighted by atomic mass is 16.5. The minimum absolute atomic E-state index is 0.0391. The number of fused-ring (bicyclic) bond motifs is 1. The van der Waals surface area contributed by atoms with Gasteiger partial charge in [0.05, 0.1) is 13.0 Å². The lowest BCUT2D eigenvalue weighted by Crippen LogP contribution is -2.33. The third-order valence-electron chi connectivity index (χ3n) is 5.18. The molecule has 3 atom stereocenters. The minimum atomic E-state index is -0.476. The van der Waals surface area contributed by atoms with Crippen LogP contribution >= 0.6 is 0 Å². The summed E-state index contributed by atoms with van der Waals surface area (Å²) >= 11 is 0. The van der Waals surface area contributed by atoms with Crippen LogP contribution in [0.5, 0.6) is 0 Å². The predicted molar refractivity (Wildman–Crippen MR) is 92.1 cm³/mol. The molecule has 1 aromatic carbocycles. The van der Waals surface area contributed by atoms with E-state index in [1.54, 1.807) is 0 Å². The molecule has 1 aliphatic heterocycles. The summed E-state index contributed by atoms with van der Waals surface area (Å²) in [6.07, 6.45) is 6.10. The first kappa shape index (κ1) is 16.7. The van der Waals surface area contributed by atoms with Gasteiger partial charge in [-0.2, -0.15) is 0 Å². The molecule has 0 radical (unpaired) electrons. The Morgan fingerprint density at radius 3 is 2.71 bits per heavy atom. The van der Waals surface area contributed by atoms with Crippen molar-refractivity contribution in [2.24, 2.45) is 11.8 Å². The molecule has 2 aliphatic rings. The molecule has 0 saturated heterocycles. The number of esters is 1. The third-order valence-corrected chi connectivity index (χ3v) is 5.18. The molecule has 2 unspecified atom stereocenters. The number of hydrogen-bond acceptors (Lipinski definition) is 4. The average Bonchev–Trinajstić information content (AvgIpc) is 3.13. The second-order valence-corrected chi connectivity index (χ2v) is 6.74. The van der Waals surface area contributed by atoms with Gasteiger partial charge in [0, 0.05) is 18.7 Å². The first-order chi connectivity index (χ1) is 11.7. The lowest BCUT2D eigenvalue weighted by Gasteiger charge is -2.27. The zero-order chi connectivity index (χ0) is 17.1. The van der Waals surface area contributed by atoms with E-state index < -0.39 is 6.04 Å². The van der Waals surface area contributed by atoms with Crippen molar-refractivity contribution in [1.82, 2.24) is 4.90 Å². The number of methoxy groups -OCH3 is 1. The van der Waals surface area contributed by atoms with E-state index >= 15 is 0 Å². The molecule has 4 nitrogen and oxygen atoms in total. The van der Waals surface area contributed by atoms with E-state index in [4.69, 9.17) is 4.74 Å². The Morgan fingerprint density at radius 2 is 2.08 bits per heavy atom. The topological polar surface area (TPSA) is 46.6 Å². The van der Waals surface area contributed by atoms with Crippen LogP contribution in [-0.4, -0.2) is 30.3 Å². The van der Waals surface area contributed by atoms with E-state index in [0.29, 0.717) is 12.3 Å². The van der Waals surface area contributed by atoms with E-state index in [-0.39, 0.29) is 17.8 Å². The Bertz CT molecular complexity index is 638. The summed E-state index contributed by atoms with van der Waals surface area (Å²) in [5, 5.41) is 0. The number of unbranched alkanes of at least 4 members (excludes halogenated alkanes) is 1. The van der Waals surface area contributed by atoms with Crippen LogP contribution in [0.15, 0.2) is 42.1 Å². The highest BCUT2D eigenvalue weighted by molar-refractivity contribution is 5.90. The number of benzene rings is 1. The van der Waals surface area contributed by atoms with Crippen molar-refractivity contribution in [3.05, 3.63) is 47.7 Å². The summed E-state index contributed by atoms with van der Waals surface area (Å²) in [7, 11) is 1.41. The standard InChI is InChI=1S/C20H25NO3/c1-3-4-8-15-11-16-12-21(13-17(16)19(15)22)18(20(23)24-2)14-9-6-5-7-10-14/h5-7,9-10,12,15,17-18H,3-4,8,11,13H2,1-2H3/t15?,17?,18-/m0/s1. The maximum absolute atomic E-state index is 12.7. The van der Waals surface area contributed by atoms with Gasteiger partial charge in [-0.15, -0.1) is 0 Å². The summed E-state index contributed by atoms with van der Waals surface area (Å²) in [6.45, 7) is 2.74. The van der Waals surface area contributed by atoms with Gasteiger partial charge in [-0.05, 0) is 24.0 Å². The van der Waals surface area contributed by atoms with E-state index in [2.05, 4.69) is 6.92 Å². The van der Waals surface area contributed by atoms with Gasteiger partial charge in [0.2, 0.25) is 0 Å². The summed E-state index contributed by atoms with van der Waals surface area (Å²) in [5.41, 5.74) is 2.09. The molecule has 1 fully saturated rings. The Kier molecular flexibility index (Phi) is 5.03. The van der Waals surface area contributed by atoms with Gasteiger partial charge < -0.3 is 9.64 Å². The first-order valence-corrected chi connectivity index (χ1v) is 8.78. The maximum atomic E-state index is 12.7. The highest BCUT2D eigenvalue weighted by Crippen LogP contribution is 2.42. The van der Waals surface area contributed by atoms with E-state index in [1.165, 1.54) is 12.7 Å². The van der Waals surface area contributed by atoms with Crippen molar-refractivity contribution in [3.63, 3.8) is 0 Å². The van der Waals surface area contributed by atoms with Crippen molar-refractivity contribution in [3.8, 4) is 0 Å². The van der Waals surface area contributed by atoms with Crippen LogP contribution in [0.4, 0.5) is 0 Å². The number of nitrogens with zero attached hydrogens (tertiary/aromatic N) is 1. The second kappa shape index (κ2) is 7.20. The molecule has 0 bridgehead atoms. The van der Waals surface area contributed by atoms with Crippen molar-refractivity contribution in [2.75, 3.05) is 13.7 Å². The molecule has 1 heterocycles. The van der Waals surface area contributed by atoms with Crippen LogP contribution in [0.3, 0.4) is 0 Å². The number of carbonyl (C=O) groups is 2. The fraction of sp³-hybridized carbons (Fsp3) is 0.500. The number of rotatable bonds is 6. The lowest BCUT2D eigenvalue weighted by molar-refractivity contribution is -0.146. The molecule has 1 aromatic rings. The molecule has 0 N–H and O–H groups in total. The predicted octanol–water partition coefficient (Wildman–Crippen LogP) is 3.50. The van der Waals surface area contributed by atoms with Crippen LogP contribution in [0.25, 0.3) is 0 Å². The molecule has 0 aromatic heterocycles. The van der Waals surface area contributed by atoms with Crippen LogP contribution in [0.1, 0.15) is 44.2 Å². The van der Waals surface area contributed by atoms with Crippen LogP contribution in [0.2, 0.25) is 0 Å². The molecular weight excluding hydrogens is 302 g/mol. The summed E-state index contributed by atoms with van der Waals surface area (Å²) in [5.74, 6) is 0.209. The fourth-order valence-electron chi connectivity index (χ4n) is 3.91. The van der Waals surface area contributed by atoms with Gasteiger partial charge in [0.25, 0.3) is 0 Å². The van der Waals surface area contributed by atoms with Gasteiger partial charge in [-0.3, -0.25) is 4.79 Å². The SMILES string of the molecule is CCCCC1CC2=CN([C@H](C(=O)OC)c3ccccc3)CC2C1=O. The van der Waals surface area contributed by atoms with Crippen molar-refractivity contribution >= 4 is 11.8 Å².